The Bertz CT molecular complexity index is 575. The third-order valence-electron chi connectivity index (χ3n) is 2.94. The molecule has 0 fully saturated rings. The molecule has 1 atom stereocenters. The van der Waals surface area contributed by atoms with Gasteiger partial charge in [-0.05, 0) is 32.0 Å². The quantitative estimate of drug-likeness (QED) is 0.857. The fourth-order valence-electron chi connectivity index (χ4n) is 1.98. The molecule has 2 rings (SSSR count). The molecule has 17 heavy (non-hydrogen) atoms. The molecule has 1 aliphatic rings. The van der Waals surface area contributed by atoms with Crippen LogP contribution in [-0.2, 0) is 9.84 Å². The van der Waals surface area contributed by atoms with Crippen molar-refractivity contribution in [3.63, 3.8) is 0 Å². The number of hydrogen-bond acceptors (Lipinski definition) is 4. The van der Waals surface area contributed by atoms with E-state index in [1.807, 2.05) is 14.0 Å². The van der Waals surface area contributed by atoms with Crippen LogP contribution in [0.4, 0.5) is 0 Å². The number of hydrogen-bond donors (Lipinski definition) is 2. The van der Waals surface area contributed by atoms with Gasteiger partial charge in [0.25, 0.3) is 0 Å². The van der Waals surface area contributed by atoms with E-state index in [1.165, 1.54) is 11.5 Å². The molecule has 0 aliphatic carbocycles. The van der Waals surface area contributed by atoms with Gasteiger partial charge < -0.3 is 10.4 Å². The zero-order valence-corrected chi connectivity index (χ0v) is 10.6. The van der Waals surface area contributed by atoms with Gasteiger partial charge in [-0.15, -0.1) is 0 Å². The van der Waals surface area contributed by atoms with Crippen LogP contribution in [0.25, 0.3) is 5.57 Å². The first-order chi connectivity index (χ1) is 7.95. The molecule has 5 heteroatoms. The van der Waals surface area contributed by atoms with Crippen LogP contribution in [0.2, 0.25) is 0 Å². The summed E-state index contributed by atoms with van der Waals surface area (Å²) in [5.41, 5.74) is 1.37. The molecule has 1 unspecified atom stereocenters. The summed E-state index contributed by atoms with van der Waals surface area (Å²) < 4.78 is 23.8. The Morgan fingerprint density at radius 1 is 1.41 bits per heavy atom. The summed E-state index contributed by atoms with van der Waals surface area (Å²) in [6.07, 6.45) is 0.617. The van der Waals surface area contributed by atoms with Crippen LogP contribution in [0.5, 0.6) is 5.75 Å². The van der Waals surface area contributed by atoms with Crippen molar-refractivity contribution in [2.75, 3.05) is 7.05 Å². The number of benzene rings is 1. The Balaban J connectivity index is 2.51. The second-order valence-corrected chi connectivity index (χ2v) is 5.97. The molecule has 1 aromatic carbocycles. The topological polar surface area (TPSA) is 66.4 Å². The maximum Gasteiger partial charge on any atom is 0.204 e. The minimum Gasteiger partial charge on any atom is -0.507 e. The largest absolute Gasteiger partial charge is 0.507 e. The van der Waals surface area contributed by atoms with Crippen LogP contribution in [-0.4, -0.2) is 26.6 Å². The van der Waals surface area contributed by atoms with E-state index in [0.717, 1.165) is 5.57 Å². The number of rotatable bonds is 3. The monoisotopic (exact) mass is 253 g/mol. The molecule has 1 aromatic rings. The lowest BCUT2D eigenvalue weighted by Crippen LogP contribution is -2.21. The SMILES string of the molecule is CNC(C)CC1=CS(=O)(=O)c2c(O)cccc21. The maximum atomic E-state index is 11.9. The van der Waals surface area contributed by atoms with E-state index in [2.05, 4.69) is 5.32 Å². The summed E-state index contributed by atoms with van der Waals surface area (Å²) in [5, 5.41) is 14.0. The zero-order chi connectivity index (χ0) is 12.6. The van der Waals surface area contributed by atoms with E-state index in [1.54, 1.807) is 12.1 Å². The Morgan fingerprint density at radius 3 is 2.76 bits per heavy atom. The van der Waals surface area contributed by atoms with Gasteiger partial charge in [0.05, 0.1) is 0 Å². The van der Waals surface area contributed by atoms with Gasteiger partial charge >= 0.3 is 0 Å². The van der Waals surface area contributed by atoms with E-state index in [0.29, 0.717) is 12.0 Å². The van der Waals surface area contributed by atoms with Crippen molar-refractivity contribution in [1.29, 1.82) is 0 Å². The molecule has 0 radical (unpaired) electrons. The minimum absolute atomic E-state index is 0.0401. The predicted molar refractivity (Wildman–Crippen MR) is 66.4 cm³/mol. The lowest BCUT2D eigenvalue weighted by molar-refractivity contribution is 0.459. The van der Waals surface area contributed by atoms with E-state index >= 15 is 0 Å². The Hall–Kier alpha value is -1.33. The highest BCUT2D eigenvalue weighted by molar-refractivity contribution is 7.95. The van der Waals surface area contributed by atoms with E-state index in [9.17, 15) is 13.5 Å². The first-order valence-electron chi connectivity index (χ1n) is 5.41. The molecule has 0 aromatic heterocycles. The summed E-state index contributed by atoms with van der Waals surface area (Å²) in [7, 11) is -1.65. The predicted octanol–water partition coefficient (Wildman–Crippen LogP) is 1.52. The molecule has 92 valence electrons. The van der Waals surface area contributed by atoms with E-state index in [-0.39, 0.29) is 16.7 Å². The van der Waals surface area contributed by atoms with Gasteiger partial charge in [0.15, 0.2) is 0 Å². The third kappa shape index (κ3) is 2.08. The number of phenolic OH excluding ortho intramolecular Hbond substituents is 1. The maximum absolute atomic E-state index is 11.9. The molecule has 1 heterocycles. The highest BCUT2D eigenvalue weighted by atomic mass is 32.2. The van der Waals surface area contributed by atoms with Gasteiger partial charge in [-0.1, -0.05) is 12.1 Å². The van der Waals surface area contributed by atoms with Crippen molar-refractivity contribution in [3.8, 4) is 5.75 Å². The first-order valence-corrected chi connectivity index (χ1v) is 6.95. The summed E-state index contributed by atoms with van der Waals surface area (Å²) >= 11 is 0. The van der Waals surface area contributed by atoms with Crippen molar-refractivity contribution in [3.05, 3.63) is 29.2 Å². The smallest absolute Gasteiger partial charge is 0.204 e. The molecule has 2 N–H and O–H groups in total. The molecule has 0 amide bonds. The molecule has 0 bridgehead atoms. The van der Waals surface area contributed by atoms with Crippen molar-refractivity contribution in [2.24, 2.45) is 0 Å². The van der Waals surface area contributed by atoms with Crippen molar-refractivity contribution < 1.29 is 13.5 Å². The molecule has 0 saturated carbocycles. The molecular weight excluding hydrogens is 238 g/mol. The summed E-state index contributed by atoms with van der Waals surface area (Å²) in [5.74, 6) is -0.175. The Kier molecular flexibility index (Phi) is 2.97. The fourth-order valence-corrected chi connectivity index (χ4v) is 3.56. The lowest BCUT2D eigenvalue weighted by Gasteiger charge is -2.11. The highest BCUT2D eigenvalue weighted by Gasteiger charge is 2.30. The molecule has 0 saturated heterocycles. The van der Waals surface area contributed by atoms with Gasteiger partial charge in [-0.2, -0.15) is 0 Å². The number of phenols is 1. The van der Waals surface area contributed by atoms with Crippen molar-refractivity contribution >= 4 is 15.4 Å². The van der Waals surface area contributed by atoms with E-state index in [4.69, 9.17) is 0 Å². The highest BCUT2D eigenvalue weighted by Crippen LogP contribution is 2.40. The molecule has 0 spiro atoms. The van der Waals surface area contributed by atoms with Gasteiger partial charge in [-0.25, -0.2) is 8.42 Å². The lowest BCUT2D eigenvalue weighted by atomic mass is 10.0. The van der Waals surface area contributed by atoms with Crippen LogP contribution in [0.1, 0.15) is 18.9 Å². The van der Waals surface area contributed by atoms with Crippen LogP contribution in [0.15, 0.2) is 28.5 Å². The molecule has 4 nitrogen and oxygen atoms in total. The molecular formula is C12H15NO3S. The normalized spacial score (nSPS) is 18.6. The molecule has 1 aliphatic heterocycles. The third-order valence-corrected chi connectivity index (χ3v) is 4.53. The van der Waals surface area contributed by atoms with Gasteiger partial charge in [-0.3, -0.25) is 0 Å². The Labute approximate surface area is 101 Å². The summed E-state index contributed by atoms with van der Waals surface area (Å²) in [6.45, 7) is 1.98. The minimum atomic E-state index is -3.48. The van der Waals surface area contributed by atoms with E-state index < -0.39 is 9.84 Å². The average molecular weight is 253 g/mol. The zero-order valence-electron chi connectivity index (χ0n) is 9.77. The van der Waals surface area contributed by atoms with Crippen LogP contribution in [0, 0.1) is 0 Å². The number of aromatic hydroxyl groups is 1. The number of fused-ring (bicyclic) bond motifs is 1. The second kappa shape index (κ2) is 4.16. The fraction of sp³-hybridized carbons (Fsp3) is 0.333. The average Bonchev–Trinajstić information content (AvgIpc) is 2.51. The number of nitrogens with one attached hydrogen (secondary N) is 1. The summed E-state index contributed by atoms with van der Waals surface area (Å²) in [4.78, 5) is 0.0401. The second-order valence-electron chi connectivity index (χ2n) is 4.24. The number of sulfone groups is 1. The van der Waals surface area contributed by atoms with Crippen LogP contribution in [0.3, 0.4) is 0 Å². The van der Waals surface area contributed by atoms with Crippen LogP contribution >= 0.6 is 0 Å². The summed E-state index contributed by atoms with van der Waals surface area (Å²) in [6, 6.07) is 4.97. The van der Waals surface area contributed by atoms with Gasteiger partial charge in [0, 0.05) is 17.0 Å². The van der Waals surface area contributed by atoms with Crippen molar-refractivity contribution in [2.45, 2.75) is 24.3 Å². The van der Waals surface area contributed by atoms with Gasteiger partial charge in [0.2, 0.25) is 9.84 Å². The Morgan fingerprint density at radius 2 is 2.12 bits per heavy atom. The van der Waals surface area contributed by atoms with Gasteiger partial charge in [0.1, 0.15) is 10.6 Å². The standard InChI is InChI=1S/C12H15NO3S/c1-8(13-2)6-9-7-17(15,16)12-10(9)4-3-5-11(12)14/h3-5,7-8,13-14H,6H2,1-2H3. The first kappa shape index (κ1) is 12.1. The van der Waals surface area contributed by atoms with Crippen molar-refractivity contribution in [1.82, 2.24) is 5.32 Å². The van der Waals surface area contributed by atoms with Crippen LogP contribution < -0.4 is 5.32 Å².